The molecule has 1 saturated carbocycles. The molecule has 0 aromatic heterocycles. The Morgan fingerprint density at radius 3 is 2.88 bits per heavy atom. The predicted octanol–water partition coefficient (Wildman–Crippen LogP) is 0.652. The molecule has 0 bridgehead atoms. The highest BCUT2D eigenvalue weighted by atomic mass is 16.3. The maximum absolute atomic E-state index is 12.0. The molecule has 3 N–H and O–H groups in total. The fraction of sp³-hybridized carbons (Fsp3) is 0.923. The lowest BCUT2D eigenvalue weighted by molar-refractivity contribution is -0.124. The van der Waals surface area contributed by atoms with E-state index in [9.17, 15) is 9.90 Å². The largest absolute Gasteiger partial charge is 0.393 e. The number of rotatable bonds is 3. The van der Waals surface area contributed by atoms with Crippen LogP contribution in [-0.2, 0) is 4.79 Å². The highest BCUT2D eigenvalue weighted by Gasteiger charge is 2.28. The molecule has 4 unspecified atom stereocenters. The van der Waals surface area contributed by atoms with Gasteiger partial charge < -0.3 is 15.7 Å². The van der Waals surface area contributed by atoms with Gasteiger partial charge in [-0.1, -0.05) is 13.3 Å². The van der Waals surface area contributed by atoms with Crippen LogP contribution in [0.3, 0.4) is 0 Å². The first-order valence-electron chi connectivity index (χ1n) is 6.86. The monoisotopic (exact) mass is 240 g/mol. The van der Waals surface area contributed by atoms with Gasteiger partial charge in [-0.2, -0.15) is 0 Å². The molecule has 0 spiro atoms. The van der Waals surface area contributed by atoms with Crippen molar-refractivity contribution in [2.75, 3.05) is 13.1 Å². The van der Waals surface area contributed by atoms with Crippen LogP contribution in [0.4, 0.5) is 0 Å². The topological polar surface area (TPSA) is 61.4 Å². The highest BCUT2D eigenvalue weighted by molar-refractivity contribution is 5.81. The van der Waals surface area contributed by atoms with Crippen molar-refractivity contribution >= 4 is 5.91 Å². The third kappa shape index (κ3) is 3.42. The Balaban J connectivity index is 1.73. The normalized spacial score (nSPS) is 38.0. The molecule has 1 aliphatic heterocycles. The Hall–Kier alpha value is -0.610. The van der Waals surface area contributed by atoms with E-state index >= 15 is 0 Å². The Morgan fingerprint density at radius 1 is 1.41 bits per heavy atom. The summed E-state index contributed by atoms with van der Waals surface area (Å²) >= 11 is 0. The molecule has 2 rings (SSSR count). The average Bonchev–Trinajstić information content (AvgIpc) is 2.72. The van der Waals surface area contributed by atoms with Crippen LogP contribution >= 0.6 is 0 Å². The molecule has 4 heteroatoms. The van der Waals surface area contributed by atoms with Gasteiger partial charge in [-0.3, -0.25) is 4.79 Å². The highest BCUT2D eigenvalue weighted by Crippen LogP contribution is 2.24. The molecule has 2 aliphatic rings. The first-order chi connectivity index (χ1) is 8.16. The zero-order valence-corrected chi connectivity index (χ0v) is 10.6. The van der Waals surface area contributed by atoms with Crippen molar-refractivity contribution in [1.29, 1.82) is 0 Å². The summed E-state index contributed by atoms with van der Waals surface area (Å²) in [6.45, 7) is 3.76. The van der Waals surface area contributed by atoms with Crippen LogP contribution in [0.2, 0.25) is 0 Å². The smallest absolute Gasteiger partial charge is 0.237 e. The second-order valence-corrected chi connectivity index (χ2v) is 5.64. The summed E-state index contributed by atoms with van der Waals surface area (Å²) in [7, 11) is 0. The van der Waals surface area contributed by atoms with Gasteiger partial charge in [0.05, 0.1) is 12.1 Å². The van der Waals surface area contributed by atoms with Gasteiger partial charge in [0, 0.05) is 12.5 Å². The summed E-state index contributed by atoms with van der Waals surface area (Å²) < 4.78 is 0. The maximum Gasteiger partial charge on any atom is 0.237 e. The van der Waals surface area contributed by atoms with E-state index in [0.717, 1.165) is 38.6 Å². The van der Waals surface area contributed by atoms with Gasteiger partial charge in [-0.25, -0.2) is 0 Å². The van der Waals surface area contributed by atoms with Crippen LogP contribution in [0.5, 0.6) is 0 Å². The van der Waals surface area contributed by atoms with Gasteiger partial charge in [0.15, 0.2) is 0 Å². The van der Waals surface area contributed by atoms with Crippen LogP contribution < -0.4 is 10.6 Å². The van der Waals surface area contributed by atoms with Gasteiger partial charge in [0.2, 0.25) is 5.91 Å². The van der Waals surface area contributed by atoms with E-state index in [1.807, 2.05) is 0 Å². The van der Waals surface area contributed by atoms with Crippen molar-refractivity contribution in [2.24, 2.45) is 11.8 Å². The number of carbonyl (C=O) groups is 1. The summed E-state index contributed by atoms with van der Waals surface area (Å²) in [5.41, 5.74) is 0. The van der Waals surface area contributed by atoms with Crippen molar-refractivity contribution in [3.63, 3.8) is 0 Å². The van der Waals surface area contributed by atoms with Gasteiger partial charge >= 0.3 is 0 Å². The number of hydrogen-bond donors (Lipinski definition) is 3. The Morgan fingerprint density at radius 2 is 2.24 bits per heavy atom. The van der Waals surface area contributed by atoms with E-state index in [1.54, 1.807) is 0 Å². The minimum absolute atomic E-state index is 0.0303. The molecule has 1 saturated heterocycles. The third-order valence-corrected chi connectivity index (χ3v) is 4.14. The fourth-order valence-corrected chi connectivity index (χ4v) is 2.92. The van der Waals surface area contributed by atoms with Crippen LogP contribution in [-0.4, -0.2) is 36.2 Å². The number of hydrogen-bond acceptors (Lipinski definition) is 3. The molecule has 98 valence electrons. The molecule has 4 atom stereocenters. The molecule has 4 nitrogen and oxygen atoms in total. The number of carbonyl (C=O) groups excluding carboxylic acids is 1. The molecule has 1 aliphatic carbocycles. The first-order valence-corrected chi connectivity index (χ1v) is 6.86. The molecular formula is C13H24N2O2. The minimum atomic E-state index is -0.214. The predicted molar refractivity (Wildman–Crippen MR) is 66.5 cm³/mol. The number of amides is 1. The summed E-state index contributed by atoms with van der Waals surface area (Å²) in [6.07, 6.45) is 4.88. The van der Waals surface area contributed by atoms with Crippen LogP contribution in [0.15, 0.2) is 0 Å². The second kappa shape index (κ2) is 5.83. The van der Waals surface area contributed by atoms with Crippen LogP contribution in [0, 0.1) is 11.8 Å². The lowest BCUT2D eigenvalue weighted by Gasteiger charge is -2.27. The Bertz CT molecular complexity index is 270. The van der Waals surface area contributed by atoms with E-state index in [2.05, 4.69) is 17.6 Å². The zero-order chi connectivity index (χ0) is 12.3. The molecule has 0 aromatic rings. The molecule has 1 heterocycles. The van der Waals surface area contributed by atoms with Gasteiger partial charge in [-0.15, -0.1) is 0 Å². The Kier molecular flexibility index (Phi) is 4.40. The van der Waals surface area contributed by atoms with E-state index < -0.39 is 0 Å². The van der Waals surface area contributed by atoms with Crippen molar-refractivity contribution in [3.05, 3.63) is 0 Å². The lowest BCUT2D eigenvalue weighted by Crippen LogP contribution is -2.49. The quantitative estimate of drug-likeness (QED) is 0.679. The number of nitrogens with one attached hydrogen (secondary N) is 2. The standard InChI is InChI=1S/C13H24N2O2/c1-9-5-6-14-11(7-9)13(17)15-8-10-3-2-4-12(10)16/h9-12,14,16H,2-8H2,1H3,(H,15,17). The van der Waals surface area contributed by atoms with Crippen molar-refractivity contribution in [1.82, 2.24) is 10.6 Å². The summed E-state index contributed by atoms with van der Waals surface area (Å²) in [6, 6.07) is -0.0303. The SMILES string of the molecule is CC1CCNC(C(=O)NCC2CCCC2O)C1. The van der Waals surface area contributed by atoms with E-state index in [0.29, 0.717) is 12.5 Å². The Labute approximate surface area is 103 Å². The molecular weight excluding hydrogens is 216 g/mol. The van der Waals surface area contributed by atoms with E-state index in [1.165, 1.54) is 0 Å². The average molecular weight is 240 g/mol. The molecule has 1 amide bonds. The second-order valence-electron chi connectivity index (χ2n) is 5.64. The van der Waals surface area contributed by atoms with Gasteiger partial charge in [0.25, 0.3) is 0 Å². The minimum Gasteiger partial charge on any atom is -0.393 e. The van der Waals surface area contributed by atoms with E-state index in [4.69, 9.17) is 0 Å². The van der Waals surface area contributed by atoms with Crippen LogP contribution in [0.25, 0.3) is 0 Å². The molecule has 2 fully saturated rings. The van der Waals surface area contributed by atoms with Crippen LogP contribution in [0.1, 0.15) is 39.0 Å². The summed E-state index contributed by atoms with van der Waals surface area (Å²) in [5, 5.41) is 15.9. The number of aliphatic hydroxyl groups excluding tert-OH is 1. The van der Waals surface area contributed by atoms with Gasteiger partial charge in [-0.05, 0) is 38.1 Å². The number of aliphatic hydroxyl groups is 1. The van der Waals surface area contributed by atoms with Gasteiger partial charge in [0.1, 0.15) is 0 Å². The number of piperidine rings is 1. The first kappa shape index (κ1) is 12.8. The van der Waals surface area contributed by atoms with E-state index in [-0.39, 0.29) is 24.0 Å². The lowest BCUT2D eigenvalue weighted by atomic mass is 9.94. The van der Waals surface area contributed by atoms with Crippen molar-refractivity contribution in [2.45, 2.75) is 51.2 Å². The zero-order valence-electron chi connectivity index (χ0n) is 10.6. The molecule has 0 radical (unpaired) electrons. The van der Waals surface area contributed by atoms with Crippen molar-refractivity contribution < 1.29 is 9.90 Å². The van der Waals surface area contributed by atoms with Crippen molar-refractivity contribution in [3.8, 4) is 0 Å². The summed E-state index contributed by atoms with van der Waals surface area (Å²) in [4.78, 5) is 12.0. The molecule has 0 aromatic carbocycles. The molecule has 17 heavy (non-hydrogen) atoms. The summed E-state index contributed by atoms with van der Waals surface area (Å²) in [5.74, 6) is 1.000. The third-order valence-electron chi connectivity index (χ3n) is 4.14. The maximum atomic E-state index is 12.0. The fourth-order valence-electron chi connectivity index (χ4n) is 2.92.